The molecule has 1 aromatic rings. The lowest BCUT2D eigenvalue weighted by atomic mass is 10.1. The topological polar surface area (TPSA) is 79.6 Å². The van der Waals surface area contributed by atoms with Gasteiger partial charge in [-0.25, -0.2) is 0 Å². The van der Waals surface area contributed by atoms with E-state index in [1.54, 1.807) is 12.4 Å². The molecule has 1 saturated heterocycles. The molecule has 1 aliphatic rings. The van der Waals surface area contributed by atoms with E-state index < -0.39 is 0 Å². The summed E-state index contributed by atoms with van der Waals surface area (Å²) in [5.41, 5.74) is 2.29. The van der Waals surface area contributed by atoms with E-state index in [1.807, 2.05) is 6.92 Å². The summed E-state index contributed by atoms with van der Waals surface area (Å²) in [7, 11) is 0. The summed E-state index contributed by atoms with van der Waals surface area (Å²) < 4.78 is 0. The van der Waals surface area contributed by atoms with Gasteiger partial charge < -0.3 is 5.32 Å². The van der Waals surface area contributed by atoms with Crippen molar-refractivity contribution in [2.45, 2.75) is 26.7 Å². The minimum Gasteiger partial charge on any atom is -0.303 e. The molecule has 19 heavy (non-hydrogen) atoms. The lowest BCUT2D eigenvalue weighted by molar-refractivity contribution is -0.116. The standard InChI is InChI=1S/C12H15N5OS/c1-7(2)9-4-14-10(5-13-9)8(3)16-17-12-15-11(18)6-19-12/h4-5,7H,6H2,1-3H3,(H,15,17,18)/b16-8+. The summed E-state index contributed by atoms with van der Waals surface area (Å²) in [4.78, 5) is 19.6. The molecule has 0 atom stereocenters. The summed E-state index contributed by atoms with van der Waals surface area (Å²) in [6, 6.07) is 0. The van der Waals surface area contributed by atoms with Crippen molar-refractivity contribution in [3.8, 4) is 0 Å². The lowest BCUT2D eigenvalue weighted by Gasteiger charge is -2.04. The van der Waals surface area contributed by atoms with Crippen LogP contribution in [0.4, 0.5) is 0 Å². The van der Waals surface area contributed by atoms with Crippen LogP contribution in [-0.4, -0.2) is 32.5 Å². The minimum atomic E-state index is -0.0438. The van der Waals surface area contributed by atoms with Crippen LogP contribution in [0.3, 0.4) is 0 Å². The number of thioether (sulfide) groups is 1. The van der Waals surface area contributed by atoms with E-state index in [-0.39, 0.29) is 5.91 Å². The largest absolute Gasteiger partial charge is 0.303 e. The molecule has 0 radical (unpaired) electrons. The SMILES string of the molecule is C/C(=N\N=C1\NC(=O)CS1)c1cnc(C(C)C)cn1. The highest BCUT2D eigenvalue weighted by Crippen LogP contribution is 2.11. The van der Waals surface area contributed by atoms with Gasteiger partial charge >= 0.3 is 0 Å². The maximum atomic E-state index is 11.0. The highest BCUT2D eigenvalue weighted by Gasteiger charge is 2.16. The van der Waals surface area contributed by atoms with Crippen molar-refractivity contribution >= 4 is 28.5 Å². The first-order valence-electron chi connectivity index (χ1n) is 5.93. The summed E-state index contributed by atoms with van der Waals surface area (Å²) in [6.45, 7) is 5.94. The van der Waals surface area contributed by atoms with Gasteiger partial charge in [0.25, 0.3) is 0 Å². The zero-order valence-electron chi connectivity index (χ0n) is 11.0. The van der Waals surface area contributed by atoms with Crippen molar-refractivity contribution in [3.63, 3.8) is 0 Å². The van der Waals surface area contributed by atoms with Crippen LogP contribution in [0.1, 0.15) is 38.1 Å². The van der Waals surface area contributed by atoms with Crippen molar-refractivity contribution in [1.29, 1.82) is 0 Å². The van der Waals surface area contributed by atoms with Gasteiger partial charge in [0.15, 0.2) is 5.17 Å². The zero-order valence-corrected chi connectivity index (χ0v) is 11.9. The summed E-state index contributed by atoms with van der Waals surface area (Å²) >= 11 is 1.34. The van der Waals surface area contributed by atoms with E-state index in [0.717, 1.165) is 5.69 Å². The Kier molecular flexibility index (Phi) is 4.26. The number of hydrogen-bond donors (Lipinski definition) is 1. The van der Waals surface area contributed by atoms with Gasteiger partial charge in [0.1, 0.15) is 5.69 Å². The monoisotopic (exact) mass is 277 g/mol. The molecule has 0 aliphatic carbocycles. The van der Waals surface area contributed by atoms with Gasteiger partial charge in [-0.1, -0.05) is 25.6 Å². The Morgan fingerprint density at radius 1 is 1.42 bits per heavy atom. The molecule has 1 amide bonds. The van der Waals surface area contributed by atoms with Crippen LogP contribution in [0, 0.1) is 0 Å². The number of nitrogens with zero attached hydrogens (tertiary/aromatic N) is 4. The Hall–Kier alpha value is -1.76. The van der Waals surface area contributed by atoms with Crippen LogP contribution in [0.2, 0.25) is 0 Å². The van der Waals surface area contributed by atoms with Crippen LogP contribution < -0.4 is 5.32 Å². The van der Waals surface area contributed by atoms with Crippen LogP contribution in [0.25, 0.3) is 0 Å². The van der Waals surface area contributed by atoms with Crippen LogP contribution in [0.5, 0.6) is 0 Å². The summed E-state index contributed by atoms with van der Waals surface area (Å²) in [5.74, 6) is 0.706. The van der Waals surface area contributed by atoms with Crippen molar-refractivity contribution in [3.05, 3.63) is 23.8 Å². The molecule has 0 saturated carbocycles. The van der Waals surface area contributed by atoms with Gasteiger partial charge in [0, 0.05) is 6.20 Å². The molecule has 7 heteroatoms. The van der Waals surface area contributed by atoms with Gasteiger partial charge in [-0.2, -0.15) is 5.10 Å². The molecule has 1 N–H and O–H groups in total. The maximum Gasteiger partial charge on any atom is 0.236 e. The van der Waals surface area contributed by atoms with Gasteiger partial charge in [0.2, 0.25) is 5.91 Å². The Morgan fingerprint density at radius 3 is 2.74 bits per heavy atom. The third-order valence-electron chi connectivity index (χ3n) is 2.51. The number of hydrogen-bond acceptors (Lipinski definition) is 6. The first-order valence-corrected chi connectivity index (χ1v) is 6.92. The number of nitrogens with one attached hydrogen (secondary N) is 1. The molecule has 2 rings (SSSR count). The number of carbonyl (C=O) groups excluding carboxylic acids is 1. The Labute approximate surface area is 115 Å². The first kappa shape index (κ1) is 13.7. The number of rotatable bonds is 3. The molecule has 1 aliphatic heterocycles. The second-order valence-corrected chi connectivity index (χ2v) is 5.37. The third-order valence-corrected chi connectivity index (χ3v) is 3.37. The van der Waals surface area contributed by atoms with Crippen LogP contribution in [0.15, 0.2) is 22.6 Å². The normalized spacial score (nSPS) is 18.2. The summed E-state index contributed by atoms with van der Waals surface area (Å²) in [5, 5.41) is 11.2. The molecule has 6 nitrogen and oxygen atoms in total. The third kappa shape index (κ3) is 3.60. The predicted molar refractivity (Wildman–Crippen MR) is 76.4 cm³/mol. The molecule has 100 valence electrons. The lowest BCUT2D eigenvalue weighted by Crippen LogP contribution is -2.19. The molecule has 1 aromatic heterocycles. The predicted octanol–water partition coefficient (Wildman–Crippen LogP) is 1.54. The van der Waals surface area contributed by atoms with Crippen LogP contribution in [-0.2, 0) is 4.79 Å². The van der Waals surface area contributed by atoms with Gasteiger partial charge in [-0.3, -0.25) is 14.8 Å². The Bertz CT molecular complexity index is 536. The Morgan fingerprint density at radius 2 is 2.21 bits per heavy atom. The molecule has 1 fully saturated rings. The highest BCUT2D eigenvalue weighted by molar-refractivity contribution is 8.15. The number of amidine groups is 1. The van der Waals surface area contributed by atoms with Gasteiger partial charge in [-0.15, -0.1) is 5.10 Å². The maximum absolute atomic E-state index is 11.0. The average Bonchev–Trinajstić information content (AvgIpc) is 2.82. The second-order valence-electron chi connectivity index (χ2n) is 4.41. The fourth-order valence-corrected chi connectivity index (χ4v) is 2.00. The van der Waals surface area contributed by atoms with E-state index in [1.165, 1.54) is 11.8 Å². The molecule has 0 unspecified atom stereocenters. The molecular weight excluding hydrogens is 262 g/mol. The fraction of sp³-hybridized carbons (Fsp3) is 0.417. The minimum absolute atomic E-state index is 0.0438. The van der Waals surface area contributed by atoms with Gasteiger partial charge in [0.05, 0.1) is 23.4 Å². The first-order chi connectivity index (χ1) is 9.06. The van der Waals surface area contributed by atoms with Crippen molar-refractivity contribution in [1.82, 2.24) is 15.3 Å². The highest BCUT2D eigenvalue weighted by atomic mass is 32.2. The van der Waals surface area contributed by atoms with E-state index in [9.17, 15) is 4.79 Å². The number of carbonyl (C=O) groups is 1. The quantitative estimate of drug-likeness (QED) is 0.671. The molecule has 0 aromatic carbocycles. The smallest absolute Gasteiger partial charge is 0.236 e. The molecule has 0 spiro atoms. The van der Waals surface area contributed by atoms with Crippen molar-refractivity contribution < 1.29 is 4.79 Å². The molecular formula is C12H15N5OS. The fourth-order valence-electron chi connectivity index (χ4n) is 1.37. The average molecular weight is 277 g/mol. The van der Waals surface area contributed by atoms with Gasteiger partial charge in [-0.05, 0) is 12.8 Å². The van der Waals surface area contributed by atoms with E-state index in [0.29, 0.717) is 28.2 Å². The summed E-state index contributed by atoms with van der Waals surface area (Å²) in [6.07, 6.45) is 3.44. The van der Waals surface area contributed by atoms with E-state index in [4.69, 9.17) is 0 Å². The molecule has 0 bridgehead atoms. The Balaban J connectivity index is 2.10. The molecule has 2 heterocycles. The van der Waals surface area contributed by atoms with Crippen molar-refractivity contribution in [2.24, 2.45) is 10.2 Å². The van der Waals surface area contributed by atoms with E-state index in [2.05, 4.69) is 39.3 Å². The van der Waals surface area contributed by atoms with Crippen molar-refractivity contribution in [2.75, 3.05) is 5.75 Å². The van der Waals surface area contributed by atoms with E-state index >= 15 is 0 Å². The zero-order chi connectivity index (χ0) is 13.8. The second kappa shape index (κ2) is 5.92. The number of aromatic nitrogens is 2. The number of amides is 1. The van der Waals surface area contributed by atoms with Crippen LogP contribution >= 0.6 is 11.8 Å².